The van der Waals surface area contributed by atoms with Gasteiger partial charge in [0.25, 0.3) is 12.3 Å². The first-order valence-electron chi connectivity index (χ1n) is 10.6. The van der Waals surface area contributed by atoms with Crippen LogP contribution >= 0.6 is 0 Å². The number of carboxylic acids is 1. The van der Waals surface area contributed by atoms with E-state index in [1.165, 1.54) is 35.9 Å². The van der Waals surface area contributed by atoms with Gasteiger partial charge in [-0.15, -0.1) is 0 Å². The summed E-state index contributed by atoms with van der Waals surface area (Å²) in [5.41, 5.74) is 0.139. The van der Waals surface area contributed by atoms with Crippen LogP contribution in [-0.4, -0.2) is 57.9 Å². The van der Waals surface area contributed by atoms with Crippen molar-refractivity contribution in [1.82, 2.24) is 14.4 Å². The molecule has 4 rings (SSSR count). The molecule has 1 aliphatic rings. The number of carboxylic acid groups (broad SMARTS) is 1. The number of pyridine rings is 2. The number of rotatable bonds is 5. The molecule has 0 radical (unpaired) electrons. The number of fused-ring (bicyclic) bond motifs is 1. The number of nitrogens with one attached hydrogen (secondary N) is 1. The Labute approximate surface area is 205 Å². The zero-order valence-electron chi connectivity index (χ0n) is 19.1. The summed E-state index contributed by atoms with van der Waals surface area (Å²) < 4.78 is 84.4. The van der Waals surface area contributed by atoms with E-state index in [1.807, 2.05) is 0 Å². The molecule has 0 unspecified atom stereocenters. The molecule has 0 aliphatic carbocycles. The Kier molecular flexibility index (Phi) is 8.57. The molecule has 0 aromatic carbocycles. The molecule has 0 saturated carbocycles. The van der Waals surface area contributed by atoms with Crippen molar-refractivity contribution in [1.29, 1.82) is 0 Å². The van der Waals surface area contributed by atoms with Crippen LogP contribution in [0.3, 0.4) is 0 Å². The van der Waals surface area contributed by atoms with Crippen molar-refractivity contribution in [3.05, 3.63) is 53.5 Å². The molecule has 0 atom stereocenters. The van der Waals surface area contributed by atoms with E-state index < -0.39 is 36.1 Å². The van der Waals surface area contributed by atoms with Gasteiger partial charge in [-0.05, 0) is 25.0 Å². The third-order valence-corrected chi connectivity index (χ3v) is 5.21. The van der Waals surface area contributed by atoms with Gasteiger partial charge in [0.1, 0.15) is 11.4 Å². The van der Waals surface area contributed by atoms with E-state index >= 15 is 4.39 Å². The van der Waals surface area contributed by atoms with Crippen LogP contribution in [0.2, 0.25) is 0 Å². The first-order chi connectivity index (χ1) is 17.4. The third kappa shape index (κ3) is 6.67. The SMILES string of the molecule is COc1cc(NC(=O)c2cccc(C(F)F)n2)cn2c(F)c(C3CCOCC3)nc12.O=C(O)C(F)(F)F. The Bertz CT molecular complexity index is 1270. The molecule has 37 heavy (non-hydrogen) atoms. The summed E-state index contributed by atoms with van der Waals surface area (Å²) in [6.07, 6.45) is -5.17. The van der Waals surface area contributed by atoms with Crippen molar-refractivity contribution < 1.29 is 50.5 Å². The molecule has 1 aliphatic heterocycles. The van der Waals surface area contributed by atoms with Crippen molar-refractivity contribution >= 4 is 23.2 Å². The maximum absolute atomic E-state index is 15.1. The number of hydrogen-bond acceptors (Lipinski definition) is 6. The monoisotopic (exact) mass is 534 g/mol. The number of hydrogen-bond donors (Lipinski definition) is 2. The number of alkyl halides is 5. The molecule has 4 heterocycles. The second-order valence-electron chi connectivity index (χ2n) is 7.67. The number of imidazole rings is 1. The van der Waals surface area contributed by atoms with Crippen molar-refractivity contribution in [2.75, 3.05) is 25.6 Å². The Morgan fingerprint density at radius 1 is 1.22 bits per heavy atom. The highest BCUT2D eigenvalue weighted by Crippen LogP contribution is 2.32. The summed E-state index contributed by atoms with van der Waals surface area (Å²) in [5.74, 6) is -3.80. The molecule has 3 aromatic heterocycles. The molecule has 1 fully saturated rings. The van der Waals surface area contributed by atoms with E-state index in [2.05, 4.69) is 15.3 Å². The number of nitrogens with zero attached hydrogens (tertiary/aromatic N) is 3. The van der Waals surface area contributed by atoms with Gasteiger partial charge >= 0.3 is 12.1 Å². The summed E-state index contributed by atoms with van der Waals surface area (Å²) >= 11 is 0. The van der Waals surface area contributed by atoms with Crippen molar-refractivity contribution in [2.24, 2.45) is 0 Å². The minimum absolute atomic E-state index is 0.0670. The highest BCUT2D eigenvalue weighted by atomic mass is 19.4. The van der Waals surface area contributed by atoms with Gasteiger partial charge in [-0.1, -0.05) is 6.07 Å². The maximum atomic E-state index is 15.1. The Morgan fingerprint density at radius 3 is 2.43 bits per heavy atom. The van der Waals surface area contributed by atoms with E-state index in [-0.39, 0.29) is 28.7 Å². The molecule has 1 saturated heterocycles. The number of aromatic nitrogens is 3. The lowest BCUT2D eigenvalue weighted by Crippen LogP contribution is -2.21. The standard InChI is InChI=1S/C20H19F3N4O3.C2HF3O2/c1-29-15-9-12(24-20(28)14-4-2-3-13(25-14)17(21)22)10-27-18(23)16(26-19(15)27)11-5-7-30-8-6-11;3-2(4,5)1(6)7/h2-4,9-11,17H,5-8H2,1H3,(H,24,28);(H,6,7). The largest absolute Gasteiger partial charge is 0.493 e. The van der Waals surface area contributed by atoms with Crippen molar-refractivity contribution in [3.63, 3.8) is 0 Å². The number of methoxy groups -OCH3 is 1. The van der Waals surface area contributed by atoms with Gasteiger partial charge in [-0.25, -0.2) is 23.5 Å². The average Bonchev–Trinajstić information content (AvgIpc) is 3.20. The molecule has 3 aromatic rings. The van der Waals surface area contributed by atoms with E-state index in [1.54, 1.807) is 0 Å². The number of halogens is 6. The number of aliphatic carboxylic acids is 1. The lowest BCUT2D eigenvalue weighted by atomic mass is 9.97. The predicted octanol–water partition coefficient (Wildman–Crippen LogP) is 4.59. The van der Waals surface area contributed by atoms with Gasteiger partial charge in [-0.3, -0.25) is 9.20 Å². The highest BCUT2D eigenvalue weighted by molar-refractivity contribution is 6.03. The first kappa shape index (κ1) is 27.7. The van der Waals surface area contributed by atoms with E-state index in [0.29, 0.717) is 31.7 Å². The normalized spacial score (nSPS) is 14.3. The summed E-state index contributed by atoms with van der Waals surface area (Å²) in [7, 11) is 1.41. The van der Waals surface area contributed by atoms with Crippen LogP contribution in [0.1, 0.15) is 47.1 Å². The van der Waals surface area contributed by atoms with Gasteiger partial charge in [0, 0.05) is 31.4 Å². The number of carbonyl (C=O) groups excluding carboxylic acids is 1. The lowest BCUT2D eigenvalue weighted by Gasteiger charge is -2.19. The van der Waals surface area contributed by atoms with Gasteiger partial charge < -0.3 is 19.9 Å². The molecule has 0 bridgehead atoms. The van der Waals surface area contributed by atoms with E-state index in [0.717, 1.165) is 6.07 Å². The lowest BCUT2D eigenvalue weighted by molar-refractivity contribution is -0.192. The first-order valence-corrected chi connectivity index (χ1v) is 10.6. The molecular weight excluding hydrogens is 514 g/mol. The minimum Gasteiger partial charge on any atom is -0.493 e. The van der Waals surface area contributed by atoms with Crippen LogP contribution in [0.15, 0.2) is 30.5 Å². The Balaban J connectivity index is 0.000000479. The molecule has 15 heteroatoms. The molecule has 2 N–H and O–H groups in total. The molecule has 0 spiro atoms. The molecular formula is C22H20F6N4O5. The van der Waals surface area contributed by atoms with Gasteiger partial charge in [0.05, 0.1) is 18.5 Å². The maximum Gasteiger partial charge on any atom is 0.490 e. The van der Waals surface area contributed by atoms with Crippen LogP contribution in [0, 0.1) is 5.95 Å². The van der Waals surface area contributed by atoms with E-state index in [4.69, 9.17) is 19.4 Å². The van der Waals surface area contributed by atoms with Gasteiger partial charge in [0.15, 0.2) is 11.4 Å². The number of anilines is 1. The van der Waals surface area contributed by atoms with Gasteiger partial charge in [0.2, 0.25) is 5.95 Å². The molecule has 9 nitrogen and oxygen atoms in total. The second-order valence-corrected chi connectivity index (χ2v) is 7.67. The van der Waals surface area contributed by atoms with Crippen LogP contribution in [0.4, 0.5) is 32.0 Å². The second kappa shape index (κ2) is 11.5. The average molecular weight is 534 g/mol. The number of ether oxygens (including phenoxy) is 2. The number of amides is 1. The minimum atomic E-state index is -5.08. The van der Waals surface area contributed by atoms with Gasteiger partial charge in [-0.2, -0.15) is 17.6 Å². The summed E-state index contributed by atoms with van der Waals surface area (Å²) in [6.45, 7) is 1.09. The van der Waals surface area contributed by atoms with Crippen molar-refractivity contribution in [3.8, 4) is 5.75 Å². The predicted molar refractivity (Wildman–Crippen MR) is 115 cm³/mol. The smallest absolute Gasteiger partial charge is 0.490 e. The molecule has 1 amide bonds. The zero-order valence-corrected chi connectivity index (χ0v) is 19.1. The fourth-order valence-corrected chi connectivity index (χ4v) is 3.45. The fourth-order valence-electron chi connectivity index (χ4n) is 3.45. The van der Waals surface area contributed by atoms with E-state index in [9.17, 15) is 26.7 Å². The fraction of sp³-hybridized carbons (Fsp3) is 0.364. The summed E-state index contributed by atoms with van der Waals surface area (Å²) in [4.78, 5) is 29.4. The van der Waals surface area contributed by atoms with Crippen LogP contribution < -0.4 is 10.1 Å². The topological polar surface area (TPSA) is 115 Å². The van der Waals surface area contributed by atoms with Crippen LogP contribution in [-0.2, 0) is 9.53 Å². The van der Waals surface area contributed by atoms with Crippen molar-refractivity contribution in [2.45, 2.75) is 31.4 Å². The molecule has 200 valence electrons. The Morgan fingerprint density at radius 2 is 1.86 bits per heavy atom. The zero-order chi connectivity index (χ0) is 27.3. The third-order valence-electron chi connectivity index (χ3n) is 5.21. The Hall–Kier alpha value is -3.88. The van der Waals surface area contributed by atoms with Crippen LogP contribution in [0.5, 0.6) is 5.75 Å². The number of carbonyl (C=O) groups is 2. The quantitative estimate of drug-likeness (QED) is 0.460. The highest BCUT2D eigenvalue weighted by Gasteiger charge is 2.38. The summed E-state index contributed by atoms with van der Waals surface area (Å²) in [5, 5.41) is 9.67. The summed E-state index contributed by atoms with van der Waals surface area (Å²) in [6, 6.07) is 5.26. The van der Waals surface area contributed by atoms with Crippen LogP contribution in [0.25, 0.3) is 5.65 Å².